The molecule has 7 nitrogen and oxygen atoms in total. The highest BCUT2D eigenvalue weighted by molar-refractivity contribution is 5.36. The van der Waals surface area contributed by atoms with Crippen molar-refractivity contribution in [1.82, 2.24) is 24.9 Å². The summed E-state index contributed by atoms with van der Waals surface area (Å²) >= 11 is 0. The first-order valence-corrected chi connectivity index (χ1v) is 8.14. The maximum atomic E-state index is 5.70. The van der Waals surface area contributed by atoms with Crippen LogP contribution >= 0.6 is 0 Å². The standard InChI is InChI=1S/C17H25N5O2/c1-11-6-12(2)18-17(24-5)13(11)7-22-8-14(16(10-22)23-4)15-9-21(3)20-19-15/h6,9,14,16H,7-8,10H2,1-5H3/t14-,16+/m0/s1. The lowest BCUT2D eigenvalue weighted by molar-refractivity contribution is 0.0956. The lowest BCUT2D eigenvalue weighted by Crippen LogP contribution is -2.23. The molecule has 0 radical (unpaired) electrons. The number of hydrogen-bond acceptors (Lipinski definition) is 6. The third-order valence-electron chi connectivity index (χ3n) is 4.66. The summed E-state index contributed by atoms with van der Waals surface area (Å²) in [6.45, 7) is 6.62. The molecule has 0 unspecified atom stereocenters. The molecule has 1 saturated heterocycles. The number of ether oxygens (including phenoxy) is 2. The summed E-state index contributed by atoms with van der Waals surface area (Å²) < 4.78 is 12.9. The van der Waals surface area contributed by atoms with Gasteiger partial charge in [-0.3, -0.25) is 9.58 Å². The van der Waals surface area contributed by atoms with Gasteiger partial charge in [-0.15, -0.1) is 5.10 Å². The number of rotatable bonds is 5. The Bertz CT molecular complexity index is 715. The molecular weight excluding hydrogens is 306 g/mol. The zero-order chi connectivity index (χ0) is 17.3. The van der Waals surface area contributed by atoms with Crippen molar-refractivity contribution in [3.8, 4) is 5.88 Å². The first-order valence-electron chi connectivity index (χ1n) is 8.14. The number of likely N-dealkylation sites (tertiary alicyclic amines) is 1. The quantitative estimate of drug-likeness (QED) is 0.826. The van der Waals surface area contributed by atoms with Gasteiger partial charge in [0.15, 0.2) is 0 Å². The number of nitrogens with zero attached hydrogens (tertiary/aromatic N) is 5. The maximum Gasteiger partial charge on any atom is 0.218 e. The van der Waals surface area contributed by atoms with E-state index < -0.39 is 0 Å². The highest BCUT2D eigenvalue weighted by Gasteiger charge is 2.36. The van der Waals surface area contributed by atoms with Gasteiger partial charge in [0.2, 0.25) is 5.88 Å². The number of methoxy groups -OCH3 is 2. The van der Waals surface area contributed by atoms with Gasteiger partial charge < -0.3 is 9.47 Å². The van der Waals surface area contributed by atoms with Gasteiger partial charge in [-0.05, 0) is 25.5 Å². The molecule has 1 fully saturated rings. The Balaban J connectivity index is 1.80. The average Bonchev–Trinajstić information content (AvgIpc) is 3.15. The molecule has 0 saturated carbocycles. The summed E-state index contributed by atoms with van der Waals surface area (Å²) in [5.74, 6) is 0.942. The van der Waals surface area contributed by atoms with Crippen LogP contribution in [-0.2, 0) is 18.3 Å². The van der Waals surface area contributed by atoms with Crippen molar-refractivity contribution in [2.75, 3.05) is 27.3 Å². The van der Waals surface area contributed by atoms with E-state index in [-0.39, 0.29) is 12.0 Å². The fourth-order valence-electron chi connectivity index (χ4n) is 3.45. The van der Waals surface area contributed by atoms with Crippen molar-refractivity contribution in [1.29, 1.82) is 0 Å². The van der Waals surface area contributed by atoms with E-state index in [0.29, 0.717) is 5.88 Å². The molecule has 0 bridgehead atoms. The Morgan fingerprint density at radius 3 is 2.67 bits per heavy atom. The number of aryl methyl sites for hydroxylation is 3. The predicted molar refractivity (Wildman–Crippen MR) is 90.1 cm³/mol. The summed E-state index contributed by atoms with van der Waals surface area (Å²) in [7, 11) is 5.32. The first-order chi connectivity index (χ1) is 11.5. The van der Waals surface area contributed by atoms with Crippen LogP contribution in [0.5, 0.6) is 5.88 Å². The fourth-order valence-corrected chi connectivity index (χ4v) is 3.45. The summed E-state index contributed by atoms with van der Waals surface area (Å²) in [5, 5.41) is 8.32. The van der Waals surface area contributed by atoms with Crippen molar-refractivity contribution < 1.29 is 9.47 Å². The Hall–Kier alpha value is -1.99. The molecule has 2 atom stereocenters. The molecule has 24 heavy (non-hydrogen) atoms. The van der Waals surface area contributed by atoms with Gasteiger partial charge in [-0.1, -0.05) is 5.21 Å². The minimum atomic E-state index is 0.117. The monoisotopic (exact) mass is 331 g/mol. The van der Waals surface area contributed by atoms with Gasteiger partial charge in [0.1, 0.15) is 0 Å². The van der Waals surface area contributed by atoms with E-state index in [1.807, 2.05) is 20.2 Å². The highest BCUT2D eigenvalue weighted by Crippen LogP contribution is 2.31. The molecule has 0 aliphatic carbocycles. The van der Waals surface area contributed by atoms with E-state index in [2.05, 4.69) is 33.2 Å². The van der Waals surface area contributed by atoms with Gasteiger partial charge in [0, 0.05) is 57.2 Å². The van der Waals surface area contributed by atoms with Gasteiger partial charge in [0.25, 0.3) is 0 Å². The van der Waals surface area contributed by atoms with Gasteiger partial charge >= 0.3 is 0 Å². The molecule has 0 amide bonds. The summed E-state index contributed by atoms with van der Waals surface area (Å²) in [5.41, 5.74) is 4.30. The summed E-state index contributed by atoms with van der Waals surface area (Å²) in [6, 6.07) is 2.10. The zero-order valence-electron chi connectivity index (χ0n) is 15.0. The summed E-state index contributed by atoms with van der Waals surface area (Å²) in [6.07, 6.45) is 2.09. The van der Waals surface area contributed by atoms with Crippen LogP contribution in [-0.4, -0.2) is 58.3 Å². The molecule has 3 rings (SSSR count). The number of aromatic nitrogens is 4. The van der Waals surface area contributed by atoms with E-state index in [0.717, 1.165) is 36.6 Å². The molecule has 1 aliphatic rings. The molecule has 1 aliphatic heterocycles. The molecule has 7 heteroatoms. The highest BCUT2D eigenvalue weighted by atomic mass is 16.5. The smallest absolute Gasteiger partial charge is 0.218 e. The van der Waals surface area contributed by atoms with Gasteiger partial charge in [-0.2, -0.15) is 0 Å². The van der Waals surface area contributed by atoms with Crippen LogP contribution in [0.15, 0.2) is 12.3 Å². The molecule has 2 aromatic heterocycles. The molecular formula is C17H25N5O2. The van der Waals surface area contributed by atoms with Crippen molar-refractivity contribution in [2.24, 2.45) is 7.05 Å². The molecule has 0 aromatic carbocycles. The second-order valence-electron chi connectivity index (χ2n) is 6.46. The Kier molecular flexibility index (Phi) is 4.82. The van der Waals surface area contributed by atoms with Gasteiger partial charge in [0.05, 0.1) is 18.9 Å². The Morgan fingerprint density at radius 2 is 2.04 bits per heavy atom. The Morgan fingerprint density at radius 1 is 1.25 bits per heavy atom. The van der Waals surface area contributed by atoms with Crippen LogP contribution in [0.4, 0.5) is 0 Å². The van der Waals surface area contributed by atoms with Crippen LogP contribution in [0.3, 0.4) is 0 Å². The minimum Gasteiger partial charge on any atom is -0.481 e. The van der Waals surface area contributed by atoms with E-state index in [1.165, 1.54) is 5.56 Å². The largest absolute Gasteiger partial charge is 0.481 e. The molecule has 3 heterocycles. The van der Waals surface area contributed by atoms with E-state index in [1.54, 1.807) is 18.9 Å². The van der Waals surface area contributed by atoms with Crippen molar-refractivity contribution in [2.45, 2.75) is 32.4 Å². The second kappa shape index (κ2) is 6.86. The van der Waals surface area contributed by atoms with Crippen LogP contribution in [0.2, 0.25) is 0 Å². The first kappa shape index (κ1) is 16.9. The van der Waals surface area contributed by atoms with Crippen LogP contribution in [0.1, 0.15) is 28.4 Å². The van der Waals surface area contributed by atoms with Gasteiger partial charge in [-0.25, -0.2) is 4.98 Å². The lowest BCUT2D eigenvalue weighted by atomic mass is 10.0. The van der Waals surface area contributed by atoms with Crippen LogP contribution in [0, 0.1) is 13.8 Å². The third-order valence-corrected chi connectivity index (χ3v) is 4.66. The fraction of sp³-hybridized carbons (Fsp3) is 0.588. The summed E-state index contributed by atoms with van der Waals surface area (Å²) in [4.78, 5) is 6.88. The van der Waals surface area contributed by atoms with Crippen molar-refractivity contribution in [3.63, 3.8) is 0 Å². The second-order valence-corrected chi connectivity index (χ2v) is 6.46. The number of pyridine rings is 1. The minimum absolute atomic E-state index is 0.117. The van der Waals surface area contributed by atoms with E-state index in [4.69, 9.17) is 9.47 Å². The normalized spacial score (nSPS) is 21.4. The molecule has 2 aromatic rings. The maximum absolute atomic E-state index is 5.70. The van der Waals surface area contributed by atoms with Crippen LogP contribution in [0.25, 0.3) is 0 Å². The van der Waals surface area contributed by atoms with Crippen molar-refractivity contribution in [3.05, 3.63) is 34.8 Å². The third kappa shape index (κ3) is 3.27. The van der Waals surface area contributed by atoms with Crippen molar-refractivity contribution >= 4 is 0 Å². The predicted octanol–water partition coefficient (Wildman–Crippen LogP) is 1.45. The zero-order valence-corrected chi connectivity index (χ0v) is 15.0. The topological polar surface area (TPSA) is 65.3 Å². The van der Waals surface area contributed by atoms with Crippen LogP contribution < -0.4 is 4.74 Å². The van der Waals surface area contributed by atoms with E-state index >= 15 is 0 Å². The Labute approximate surface area is 142 Å². The SMILES string of the molecule is COc1nc(C)cc(C)c1CN1C[C@@H](OC)[C@H](c2cn(C)nn2)C1. The number of hydrogen-bond donors (Lipinski definition) is 0. The lowest BCUT2D eigenvalue weighted by Gasteiger charge is -2.19. The molecule has 130 valence electrons. The average molecular weight is 331 g/mol. The molecule has 0 spiro atoms. The van der Waals surface area contributed by atoms with E-state index in [9.17, 15) is 0 Å². The molecule has 0 N–H and O–H groups in total.